The van der Waals surface area contributed by atoms with Gasteiger partial charge in [0.1, 0.15) is 11.6 Å². The van der Waals surface area contributed by atoms with E-state index in [2.05, 4.69) is 20.8 Å². The summed E-state index contributed by atoms with van der Waals surface area (Å²) in [5, 5.41) is 9.30. The molecule has 1 saturated heterocycles. The van der Waals surface area contributed by atoms with Gasteiger partial charge in [0.25, 0.3) is 0 Å². The van der Waals surface area contributed by atoms with Gasteiger partial charge in [-0.2, -0.15) is 0 Å². The maximum atomic E-state index is 12.2. The van der Waals surface area contributed by atoms with E-state index >= 15 is 0 Å². The van der Waals surface area contributed by atoms with Gasteiger partial charge in [-0.3, -0.25) is 4.90 Å². The third kappa shape index (κ3) is 4.39. The SMILES string of the molecule is CC(C)(C)OC(=O)N1C[C@H](C(C)(C)C)CC[C@H]1C(=O)O. The van der Waals surface area contributed by atoms with Crippen LogP contribution in [0, 0.1) is 11.3 Å². The van der Waals surface area contributed by atoms with Crippen LogP contribution >= 0.6 is 0 Å². The number of hydrogen-bond acceptors (Lipinski definition) is 3. The van der Waals surface area contributed by atoms with E-state index in [0.29, 0.717) is 13.0 Å². The molecule has 5 nitrogen and oxygen atoms in total. The van der Waals surface area contributed by atoms with Crippen LogP contribution < -0.4 is 0 Å². The van der Waals surface area contributed by atoms with E-state index in [-0.39, 0.29) is 11.3 Å². The molecule has 2 atom stereocenters. The molecule has 116 valence electrons. The van der Waals surface area contributed by atoms with Gasteiger partial charge < -0.3 is 9.84 Å². The average Bonchev–Trinajstić information content (AvgIpc) is 2.24. The molecule has 0 spiro atoms. The lowest BCUT2D eigenvalue weighted by Gasteiger charge is -2.42. The van der Waals surface area contributed by atoms with Crippen molar-refractivity contribution in [3.63, 3.8) is 0 Å². The van der Waals surface area contributed by atoms with Gasteiger partial charge in [-0.25, -0.2) is 9.59 Å². The third-order valence-electron chi connectivity index (χ3n) is 3.72. The lowest BCUT2D eigenvalue weighted by atomic mass is 9.75. The minimum atomic E-state index is -0.955. The number of carbonyl (C=O) groups excluding carboxylic acids is 1. The molecule has 20 heavy (non-hydrogen) atoms. The third-order valence-corrected chi connectivity index (χ3v) is 3.72. The summed E-state index contributed by atoms with van der Waals surface area (Å²) < 4.78 is 5.34. The number of hydrogen-bond donors (Lipinski definition) is 1. The Balaban J connectivity index is 2.89. The molecule has 0 saturated carbocycles. The first-order valence-electron chi connectivity index (χ1n) is 7.14. The van der Waals surface area contributed by atoms with Crippen molar-refractivity contribution < 1.29 is 19.4 Å². The molecule has 0 unspecified atom stereocenters. The van der Waals surface area contributed by atoms with Crippen molar-refractivity contribution in [1.29, 1.82) is 0 Å². The zero-order valence-electron chi connectivity index (χ0n) is 13.4. The zero-order chi connectivity index (χ0) is 15.7. The molecule has 1 N–H and O–H groups in total. The van der Waals surface area contributed by atoms with E-state index in [9.17, 15) is 14.7 Å². The molecule has 1 aliphatic heterocycles. The van der Waals surface area contributed by atoms with Gasteiger partial charge >= 0.3 is 12.1 Å². The van der Waals surface area contributed by atoms with Crippen LogP contribution in [0.2, 0.25) is 0 Å². The summed E-state index contributed by atoms with van der Waals surface area (Å²) in [5.41, 5.74) is -0.571. The molecule has 1 heterocycles. The number of carbonyl (C=O) groups is 2. The fraction of sp³-hybridized carbons (Fsp3) is 0.867. The van der Waals surface area contributed by atoms with E-state index < -0.39 is 23.7 Å². The second-order valence-electron chi connectivity index (χ2n) is 7.63. The first-order chi connectivity index (χ1) is 8.92. The van der Waals surface area contributed by atoms with Crippen LogP contribution in [0.1, 0.15) is 54.4 Å². The smallest absolute Gasteiger partial charge is 0.411 e. The summed E-state index contributed by atoms with van der Waals surface area (Å²) in [6.45, 7) is 12.1. The first kappa shape index (κ1) is 16.8. The summed E-state index contributed by atoms with van der Waals surface area (Å²) in [4.78, 5) is 25.0. The Labute approximate surface area is 121 Å². The van der Waals surface area contributed by atoms with E-state index in [1.54, 1.807) is 20.8 Å². The Kier molecular flexibility index (Phi) is 4.72. The van der Waals surface area contributed by atoms with Crippen LogP contribution in [0.3, 0.4) is 0 Å². The Morgan fingerprint density at radius 3 is 2.05 bits per heavy atom. The number of amides is 1. The van der Waals surface area contributed by atoms with Gasteiger partial charge in [-0.15, -0.1) is 0 Å². The molecule has 1 rings (SSSR count). The second kappa shape index (κ2) is 5.62. The van der Waals surface area contributed by atoms with E-state index in [4.69, 9.17) is 4.74 Å². The number of likely N-dealkylation sites (tertiary alicyclic amines) is 1. The molecule has 1 fully saturated rings. The highest BCUT2D eigenvalue weighted by molar-refractivity contribution is 5.80. The Hall–Kier alpha value is -1.26. The van der Waals surface area contributed by atoms with Crippen LogP contribution in [0.5, 0.6) is 0 Å². The van der Waals surface area contributed by atoms with Gasteiger partial charge in [0.15, 0.2) is 0 Å². The maximum absolute atomic E-state index is 12.2. The predicted molar refractivity (Wildman–Crippen MR) is 76.5 cm³/mol. The maximum Gasteiger partial charge on any atom is 0.411 e. The highest BCUT2D eigenvalue weighted by atomic mass is 16.6. The van der Waals surface area contributed by atoms with Crippen molar-refractivity contribution in [2.24, 2.45) is 11.3 Å². The second-order valence-corrected chi connectivity index (χ2v) is 7.63. The number of aliphatic carboxylic acids is 1. The van der Waals surface area contributed by atoms with Gasteiger partial charge in [0.2, 0.25) is 0 Å². The number of piperidine rings is 1. The van der Waals surface area contributed by atoms with Crippen LogP contribution in [-0.2, 0) is 9.53 Å². The van der Waals surface area contributed by atoms with Crippen LogP contribution in [0.15, 0.2) is 0 Å². The standard InChI is InChI=1S/C15H27NO4/c1-14(2,3)10-7-8-11(12(17)18)16(9-10)13(19)20-15(4,5)6/h10-11H,7-9H2,1-6H3,(H,17,18)/t10-,11+/m1/s1. The fourth-order valence-electron chi connectivity index (χ4n) is 2.46. The van der Waals surface area contributed by atoms with Crippen molar-refractivity contribution in [2.75, 3.05) is 6.54 Å². The quantitative estimate of drug-likeness (QED) is 0.803. The van der Waals surface area contributed by atoms with Gasteiger partial charge in [-0.05, 0) is 44.9 Å². The molecule has 1 aliphatic rings. The highest BCUT2D eigenvalue weighted by Crippen LogP contribution is 2.35. The normalized spacial score (nSPS) is 24.4. The lowest BCUT2D eigenvalue weighted by Crippen LogP contribution is -2.53. The number of ether oxygens (including phenoxy) is 1. The first-order valence-corrected chi connectivity index (χ1v) is 7.14. The number of rotatable bonds is 1. The lowest BCUT2D eigenvalue weighted by molar-refractivity contribution is -0.145. The molecular weight excluding hydrogens is 258 g/mol. The molecule has 0 aromatic rings. The van der Waals surface area contributed by atoms with E-state index in [1.807, 2.05) is 0 Å². The summed E-state index contributed by atoms with van der Waals surface area (Å²) in [7, 11) is 0. The molecule has 0 aromatic heterocycles. The van der Waals surface area contributed by atoms with Crippen molar-refractivity contribution in [3.8, 4) is 0 Å². The number of nitrogens with zero attached hydrogens (tertiary/aromatic N) is 1. The van der Waals surface area contributed by atoms with Crippen LogP contribution in [0.25, 0.3) is 0 Å². The predicted octanol–water partition coefficient (Wildman–Crippen LogP) is 3.13. The zero-order valence-corrected chi connectivity index (χ0v) is 13.4. The van der Waals surface area contributed by atoms with Gasteiger partial charge in [-0.1, -0.05) is 20.8 Å². The number of carboxylic acid groups (broad SMARTS) is 1. The molecule has 0 aliphatic carbocycles. The summed E-state index contributed by atoms with van der Waals surface area (Å²) in [5.74, 6) is -0.672. The van der Waals surface area contributed by atoms with Crippen LogP contribution in [0.4, 0.5) is 4.79 Å². The molecule has 0 bridgehead atoms. The number of carboxylic acids is 1. The minimum absolute atomic E-state index is 0.0454. The largest absolute Gasteiger partial charge is 0.480 e. The molecule has 0 radical (unpaired) electrons. The summed E-state index contributed by atoms with van der Waals surface area (Å²) >= 11 is 0. The van der Waals surface area contributed by atoms with Crippen LogP contribution in [-0.4, -0.2) is 40.3 Å². The Bertz CT molecular complexity index is 378. The molecule has 5 heteroatoms. The Morgan fingerprint density at radius 2 is 1.65 bits per heavy atom. The van der Waals surface area contributed by atoms with Crippen molar-refractivity contribution in [1.82, 2.24) is 4.90 Å². The highest BCUT2D eigenvalue weighted by Gasteiger charge is 2.41. The molecule has 1 amide bonds. The molecule has 0 aromatic carbocycles. The average molecular weight is 285 g/mol. The monoisotopic (exact) mass is 285 g/mol. The van der Waals surface area contributed by atoms with Crippen molar-refractivity contribution >= 4 is 12.1 Å². The van der Waals surface area contributed by atoms with E-state index in [1.165, 1.54) is 4.90 Å². The van der Waals surface area contributed by atoms with Gasteiger partial charge in [0, 0.05) is 6.54 Å². The van der Waals surface area contributed by atoms with Crippen molar-refractivity contribution in [2.45, 2.75) is 66.0 Å². The Morgan fingerprint density at radius 1 is 1.10 bits per heavy atom. The molecular formula is C15H27NO4. The van der Waals surface area contributed by atoms with Gasteiger partial charge in [0.05, 0.1) is 0 Å². The topological polar surface area (TPSA) is 66.8 Å². The summed E-state index contributed by atoms with van der Waals surface area (Å²) in [6, 6.07) is -0.775. The van der Waals surface area contributed by atoms with Crippen molar-refractivity contribution in [3.05, 3.63) is 0 Å². The van der Waals surface area contributed by atoms with E-state index in [0.717, 1.165) is 6.42 Å². The minimum Gasteiger partial charge on any atom is -0.480 e. The fourth-order valence-corrected chi connectivity index (χ4v) is 2.46. The summed E-state index contributed by atoms with van der Waals surface area (Å²) in [6.07, 6.45) is 0.773.